The van der Waals surface area contributed by atoms with Gasteiger partial charge in [-0.25, -0.2) is 4.79 Å². The first-order valence-corrected chi connectivity index (χ1v) is 12.3. The second kappa shape index (κ2) is 10.4. The number of nitrogens with one attached hydrogen (secondary N) is 2. The van der Waals surface area contributed by atoms with Gasteiger partial charge < -0.3 is 19.9 Å². The van der Waals surface area contributed by atoms with Crippen molar-refractivity contribution in [2.24, 2.45) is 0 Å². The summed E-state index contributed by atoms with van der Waals surface area (Å²) in [6.07, 6.45) is 3.75. The predicted octanol–water partition coefficient (Wildman–Crippen LogP) is 3.59. The number of carbonyl (C=O) groups is 1. The summed E-state index contributed by atoms with van der Waals surface area (Å²) >= 11 is 0. The molecular formula is C27H32N4O3. The van der Waals surface area contributed by atoms with Crippen molar-refractivity contribution in [3.8, 4) is 11.3 Å². The van der Waals surface area contributed by atoms with Crippen molar-refractivity contribution in [1.29, 1.82) is 0 Å². The molecule has 2 aliphatic rings. The summed E-state index contributed by atoms with van der Waals surface area (Å²) < 4.78 is 8.20. The average molecular weight is 461 g/mol. The van der Waals surface area contributed by atoms with Crippen LogP contribution in [0.4, 0.5) is 0 Å². The number of amides is 1. The average Bonchev–Trinajstić information content (AvgIpc) is 3.25. The van der Waals surface area contributed by atoms with E-state index in [0.29, 0.717) is 31.1 Å². The summed E-state index contributed by atoms with van der Waals surface area (Å²) in [5.41, 5.74) is 2.80. The van der Waals surface area contributed by atoms with Gasteiger partial charge in [0.25, 0.3) is 5.91 Å². The molecule has 2 atom stereocenters. The lowest BCUT2D eigenvalue weighted by molar-refractivity contribution is -0.0167. The molecule has 5 rings (SSSR count). The standard InChI is InChI=1S/C27H32N4O3/c32-26(30-17-15-28-16-18-30)24-25(21-11-5-2-6-12-21)31(27(33)29-24)22-13-7-8-14-23(22)34-19-20-9-3-1-4-10-20/h1-6,9-12,22-23,28H,7-8,13-19H2,(H,29,33)/t22-,23-/m1/s1. The topological polar surface area (TPSA) is 79.4 Å². The number of H-pyrrole nitrogens is 1. The molecule has 0 spiro atoms. The van der Waals surface area contributed by atoms with Crippen LogP contribution in [0.5, 0.6) is 0 Å². The third-order valence-corrected chi connectivity index (χ3v) is 6.90. The maximum atomic E-state index is 13.5. The molecule has 1 aliphatic heterocycles. The quantitative estimate of drug-likeness (QED) is 0.589. The minimum Gasteiger partial charge on any atom is -0.371 e. The minimum absolute atomic E-state index is 0.0907. The highest BCUT2D eigenvalue weighted by Crippen LogP contribution is 2.35. The maximum Gasteiger partial charge on any atom is 0.326 e. The highest BCUT2D eigenvalue weighted by atomic mass is 16.5. The van der Waals surface area contributed by atoms with E-state index in [4.69, 9.17) is 4.74 Å². The molecule has 3 aromatic rings. The molecule has 2 fully saturated rings. The van der Waals surface area contributed by atoms with E-state index < -0.39 is 0 Å². The van der Waals surface area contributed by atoms with E-state index in [1.54, 1.807) is 4.57 Å². The van der Waals surface area contributed by atoms with Gasteiger partial charge in [0.15, 0.2) is 0 Å². The number of ether oxygens (including phenoxy) is 1. The molecule has 7 heteroatoms. The molecule has 1 aliphatic carbocycles. The van der Waals surface area contributed by atoms with Gasteiger partial charge in [-0.2, -0.15) is 0 Å². The summed E-state index contributed by atoms with van der Waals surface area (Å²) in [6.45, 7) is 3.29. The lowest BCUT2D eigenvalue weighted by Gasteiger charge is -2.33. The Morgan fingerprint density at radius 2 is 1.62 bits per heavy atom. The number of imidazole rings is 1. The van der Waals surface area contributed by atoms with E-state index in [1.807, 2.05) is 53.4 Å². The molecule has 1 saturated heterocycles. The van der Waals surface area contributed by atoms with E-state index in [2.05, 4.69) is 22.4 Å². The van der Waals surface area contributed by atoms with Crippen LogP contribution in [-0.4, -0.2) is 52.6 Å². The van der Waals surface area contributed by atoms with E-state index >= 15 is 0 Å². The summed E-state index contributed by atoms with van der Waals surface area (Å²) in [5, 5.41) is 3.28. The van der Waals surface area contributed by atoms with E-state index in [1.165, 1.54) is 0 Å². The molecule has 7 nitrogen and oxygen atoms in total. The van der Waals surface area contributed by atoms with Gasteiger partial charge in [0, 0.05) is 31.7 Å². The van der Waals surface area contributed by atoms with E-state index in [0.717, 1.165) is 49.9 Å². The first-order valence-electron chi connectivity index (χ1n) is 12.3. The predicted molar refractivity (Wildman–Crippen MR) is 132 cm³/mol. The van der Waals surface area contributed by atoms with Crippen LogP contribution in [0.3, 0.4) is 0 Å². The van der Waals surface area contributed by atoms with E-state index in [-0.39, 0.29) is 23.7 Å². The zero-order chi connectivity index (χ0) is 23.3. The van der Waals surface area contributed by atoms with Crippen molar-refractivity contribution in [3.05, 3.63) is 82.4 Å². The summed E-state index contributed by atoms with van der Waals surface area (Å²) in [6, 6.07) is 19.8. The van der Waals surface area contributed by atoms with Gasteiger partial charge in [-0.1, -0.05) is 73.5 Å². The highest BCUT2D eigenvalue weighted by Gasteiger charge is 2.34. The largest absolute Gasteiger partial charge is 0.371 e. The molecule has 2 aromatic carbocycles. The number of hydrogen-bond donors (Lipinski definition) is 2. The molecule has 2 heterocycles. The highest BCUT2D eigenvalue weighted by molar-refractivity contribution is 5.98. The Kier molecular flexibility index (Phi) is 6.92. The van der Waals surface area contributed by atoms with Gasteiger partial charge in [-0.05, 0) is 18.4 Å². The number of carbonyl (C=O) groups excluding carboxylic acids is 1. The first-order chi connectivity index (χ1) is 16.7. The van der Waals surface area contributed by atoms with Crippen molar-refractivity contribution in [2.45, 2.75) is 44.4 Å². The van der Waals surface area contributed by atoms with Crippen molar-refractivity contribution < 1.29 is 9.53 Å². The second-order valence-electron chi connectivity index (χ2n) is 9.12. The number of aromatic nitrogens is 2. The normalized spacial score (nSPS) is 20.9. The van der Waals surface area contributed by atoms with Gasteiger partial charge in [-0.3, -0.25) is 9.36 Å². The molecule has 1 amide bonds. The van der Waals surface area contributed by atoms with Gasteiger partial charge in [0.2, 0.25) is 0 Å². The number of nitrogens with zero attached hydrogens (tertiary/aromatic N) is 2. The Labute approximate surface area is 199 Å². The maximum absolute atomic E-state index is 13.5. The molecular weight excluding hydrogens is 428 g/mol. The Morgan fingerprint density at radius 3 is 2.35 bits per heavy atom. The summed E-state index contributed by atoms with van der Waals surface area (Å²) in [4.78, 5) is 31.7. The molecule has 2 N–H and O–H groups in total. The lowest BCUT2D eigenvalue weighted by Crippen LogP contribution is -2.46. The zero-order valence-corrected chi connectivity index (χ0v) is 19.4. The molecule has 0 radical (unpaired) electrons. The summed E-state index contributed by atoms with van der Waals surface area (Å²) in [7, 11) is 0. The van der Waals surface area contributed by atoms with Crippen LogP contribution in [-0.2, 0) is 11.3 Å². The SMILES string of the molecule is O=C(c1[nH]c(=O)n([C@@H]2CCCC[C@H]2OCc2ccccc2)c1-c1ccccc1)N1CCNCC1. The Bertz CT molecular complexity index is 1150. The monoisotopic (exact) mass is 460 g/mol. The lowest BCUT2D eigenvalue weighted by atomic mass is 9.91. The van der Waals surface area contributed by atoms with Crippen LogP contribution in [0.25, 0.3) is 11.3 Å². The van der Waals surface area contributed by atoms with Crippen LogP contribution in [0.1, 0.15) is 47.8 Å². The number of piperazine rings is 1. The Morgan fingerprint density at radius 1 is 0.941 bits per heavy atom. The Balaban J connectivity index is 1.52. The van der Waals surface area contributed by atoms with Crippen LogP contribution in [0.2, 0.25) is 0 Å². The third-order valence-electron chi connectivity index (χ3n) is 6.90. The molecule has 0 unspecified atom stereocenters. The van der Waals surface area contributed by atoms with Gasteiger partial charge in [0.1, 0.15) is 5.69 Å². The fourth-order valence-electron chi connectivity index (χ4n) is 5.17. The fraction of sp³-hybridized carbons (Fsp3) is 0.407. The fourth-order valence-corrected chi connectivity index (χ4v) is 5.17. The van der Waals surface area contributed by atoms with Crippen molar-refractivity contribution in [3.63, 3.8) is 0 Å². The molecule has 1 aromatic heterocycles. The van der Waals surface area contributed by atoms with Crippen LogP contribution >= 0.6 is 0 Å². The minimum atomic E-state index is -0.238. The van der Waals surface area contributed by atoms with Crippen LogP contribution < -0.4 is 11.0 Å². The van der Waals surface area contributed by atoms with Gasteiger partial charge in [0.05, 0.1) is 24.4 Å². The van der Waals surface area contributed by atoms with Crippen molar-refractivity contribution in [2.75, 3.05) is 26.2 Å². The van der Waals surface area contributed by atoms with Crippen molar-refractivity contribution >= 4 is 5.91 Å². The number of hydrogen-bond acceptors (Lipinski definition) is 4. The van der Waals surface area contributed by atoms with Gasteiger partial charge >= 0.3 is 5.69 Å². The first kappa shape index (κ1) is 22.6. The third kappa shape index (κ3) is 4.72. The van der Waals surface area contributed by atoms with E-state index in [9.17, 15) is 9.59 Å². The molecule has 1 saturated carbocycles. The number of aromatic amines is 1. The van der Waals surface area contributed by atoms with Crippen LogP contribution in [0.15, 0.2) is 65.5 Å². The van der Waals surface area contributed by atoms with Gasteiger partial charge in [-0.15, -0.1) is 0 Å². The molecule has 178 valence electrons. The number of benzene rings is 2. The second-order valence-corrected chi connectivity index (χ2v) is 9.12. The Hall–Kier alpha value is -3.16. The smallest absolute Gasteiger partial charge is 0.326 e. The molecule has 0 bridgehead atoms. The molecule has 34 heavy (non-hydrogen) atoms. The summed E-state index contributed by atoms with van der Waals surface area (Å²) in [5.74, 6) is -0.117. The van der Waals surface area contributed by atoms with Crippen molar-refractivity contribution in [1.82, 2.24) is 19.8 Å². The van der Waals surface area contributed by atoms with Crippen LogP contribution in [0, 0.1) is 0 Å². The zero-order valence-electron chi connectivity index (χ0n) is 19.4. The number of rotatable bonds is 6.